The Morgan fingerprint density at radius 2 is 2.04 bits per heavy atom. The summed E-state index contributed by atoms with van der Waals surface area (Å²) in [5.74, 6) is 0.0932. The SMILES string of the molecule is CCOc1ccc(CC(=O)N2CCC[C@H](c3ccnn3CC(=O)O)C2)cc1. The molecule has 1 saturated heterocycles. The molecule has 3 rings (SSSR count). The minimum absolute atomic E-state index is 0.0909. The Balaban J connectivity index is 1.63. The second-order valence-electron chi connectivity index (χ2n) is 6.74. The number of benzene rings is 1. The summed E-state index contributed by atoms with van der Waals surface area (Å²) in [6.07, 6.45) is 3.81. The second kappa shape index (κ2) is 8.70. The number of hydrogen-bond donors (Lipinski definition) is 1. The van der Waals surface area contributed by atoms with Gasteiger partial charge in [0.15, 0.2) is 0 Å². The van der Waals surface area contributed by atoms with E-state index in [1.54, 1.807) is 6.20 Å². The highest BCUT2D eigenvalue weighted by atomic mass is 16.5. The fourth-order valence-electron chi connectivity index (χ4n) is 3.55. The largest absolute Gasteiger partial charge is 0.494 e. The number of piperidine rings is 1. The number of nitrogens with zero attached hydrogens (tertiary/aromatic N) is 3. The molecule has 7 nitrogen and oxygen atoms in total. The third kappa shape index (κ3) is 4.87. The van der Waals surface area contributed by atoms with Gasteiger partial charge < -0.3 is 14.7 Å². The van der Waals surface area contributed by atoms with Gasteiger partial charge in [-0.25, -0.2) is 0 Å². The van der Waals surface area contributed by atoms with Gasteiger partial charge in [-0.2, -0.15) is 5.10 Å². The summed E-state index contributed by atoms with van der Waals surface area (Å²) in [6.45, 7) is 3.73. The van der Waals surface area contributed by atoms with Gasteiger partial charge in [0.1, 0.15) is 12.3 Å². The maximum Gasteiger partial charge on any atom is 0.325 e. The first kappa shape index (κ1) is 18.9. The molecule has 1 aliphatic rings. The van der Waals surface area contributed by atoms with Crippen molar-refractivity contribution in [1.29, 1.82) is 0 Å². The molecule has 0 radical (unpaired) electrons. The predicted octanol–water partition coefficient (Wildman–Crippen LogP) is 2.32. The van der Waals surface area contributed by atoms with E-state index >= 15 is 0 Å². The Labute approximate surface area is 158 Å². The van der Waals surface area contributed by atoms with Crippen LogP contribution in [-0.2, 0) is 22.6 Å². The number of hydrogen-bond acceptors (Lipinski definition) is 4. The highest BCUT2D eigenvalue weighted by Gasteiger charge is 2.27. The molecule has 1 aromatic heterocycles. The van der Waals surface area contributed by atoms with Crippen LogP contribution in [0.2, 0.25) is 0 Å². The second-order valence-corrected chi connectivity index (χ2v) is 6.74. The van der Waals surface area contributed by atoms with Gasteiger partial charge in [-0.1, -0.05) is 12.1 Å². The number of carbonyl (C=O) groups excluding carboxylic acids is 1. The van der Waals surface area contributed by atoms with Crippen molar-refractivity contribution in [2.45, 2.75) is 38.6 Å². The number of likely N-dealkylation sites (tertiary alicyclic amines) is 1. The number of ether oxygens (including phenoxy) is 1. The molecule has 2 heterocycles. The zero-order valence-electron chi connectivity index (χ0n) is 15.5. The van der Waals surface area contributed by atoms with Gasteiger partial charge in [0, 0.05) is 30.9 Å². The number of carboxylic acid groups (broad SMARTS) is 1. The number of aliphatic carboxylic acids is 1. The van der Waals surface area contributed by atoms with Crippen LogP contribution in [0.1, 0.15) is 36.9 Å². The lowest BCUT2D eigenvalue weighted by Crippen LogP contribution is -2.40. The predicted molar refractivity (Wildman–Crippen MR) is 99.7 cm³/mol. The summed E-state index contributed by atoms with van der Waals surface area (Å²) in [5, 5.41) is 13.1. The normalized spacial score (nSPS) is 16.9. The zero-order chi connectivity index (χ0) is 19.2. The summed E-state index contributed by atoms with van der Waals surface area (Å²) < 4.78 is 6.95. The Morgan fingerprint density at radius 3 is 2.74 bits per heavy atom. The number of carbonyl (C=O) groups is 2. The lowest BCUT2D eigenvalue weighted by molar-refractivity contribution is -0.138. The highest BCUT2D eigenvalue weighted by Crippen LogP contribution is 2.27. The maximum absolute atomic E-state index is 12.7. The van der Waals surface area contributed by atoms with E-state index in [4.69, 9.17) is 9.84 Å². The van der Waals surface area contributed by atoms with Crippen LogP contribution in [0.15, 0.2) is 36.5 Å². The zero-order valence-corrected chi connectivity index (χ0v) is 15.5. The summed E-state index contributed by atoms with van der Waals surface area (Å²) in [5.41, 5.74) is 1.84. The highest BCUT2D eigenvalue weighted by molar-refractivity contribution is 5.79. The standard InChI is InChI=1S/C20H25N3O4/c1-2-27-17-7-5-15(6-8-17)12-19(24)22-11-3-4-16(13-22)18-9-10-21-23(18)14-20(25)26/h5-10,16H,2-4,11-14H2,1H3,(H,25,26)/t16-/m0/s1. The van der Waals surface area contributed by atoms with Gasteiger partial charge in [0.2, 0.25) is 5.91 Å². The van der Waals surface area contributed by atoms with Gasteiger partial charge in [0.05, 0.1) is 13.0 Å². The Morgan fingerprint density at radius 1 is 1.26 bits per heavy atom. The van der Waals surface area contributed by atoms with Crippen LogP contribution < -0.4 is 4.74 Å². The van der Waals surface area contributed by atoms with Crippen LogP contribution in [0.4, 0.5) is 0 Å². The molecule has 2 aromatic rings. The Bertz CT molecular complexity index is 785. The molecule has 144 valence electrons. The van der Waals surface area contributed by atoms with E-state index < -0.39 is 5.97 Å². The van der Waals surface area contributed by atoms with E-state index in [2.05, 4.69) is 5.10 Å². The molecule has 1 aromatic carbocycles. The van der Waals surface area contributed by atoms with Crippen LogP contribution in [-0.4, -0.2) is 51.4 Å². The van der Waals surface area contributed by atoms with Gasteiger partial charge in [0.25, 0.3) is 0 Å². The van der Waals surface area contributed by atoms with Gasteiger partial charge in [-0.3, -0.25) is 14.3 Å². The third-order valence-electron chi connectivity index (χ3n) is 4.82. The number of amides is 1. The van der Waals surface area contributed by atoms with E-state index in [1.165, 1.54) is 4.68 Å². The first-order chi connectivity index (χ1) is 13.1. The first-order valence-corrected chi connectivity index (χ1v) is 9.30. The van der Waals surface area contributed by atoms with Gasteiger partial charge in [-0.15, -0.1) is 0 Å². The van der Waals surface area contributed by atoms with Crippen molar-refractivity contribution in [1.82, 2.24) is 14.7 Å². The fourth-order valence-corrected chi connectivity index (χ4v) is 3.55. The molecular formula is C20H25N3O4. The Kier molecular flexibility index (Phi) is 6.11. The van der Waals surface area contributed by atoms with Crippen molar-refractivity contribution in [2.75, 3.05) is 19.7 Å². The topological polar surface area (TPSA) is 84.7 Å². The average Bonchev–Trinajstić information content (AvgIpc) is 3.11. The fraction of sp³-hybridized carbons (Fsp3) is 0.450. The van der Waals surface area contributed by atoms with E-state index in [0.717, 1.165) is 36.4 Å². The van der Waals surface area contributed by atoms with Crippen molar-refractivity contribution < 1.29 is 19.4 Å². The van der Waals surface area contributed by atoms with Crippen LogP contribution in [0.5, 0.6) is 5.75 Å². The molecule has 0 unspecified atom stereocenters. The molecular weight excluding hydrogens is 346 g/mol. The molecule has 1 fully saturated rings. The number of carboxylic acids is 1. The van der Waals surface area contributed by atoms with Crippen LogP contribution in [0.3, 0.4) is 0 Å². The molecule has 27 heavy (non-hydrogen) atoms. The Hall–Kier alpha value is -2.83. The van der Waals surface area contributed by atoms with E-state index in [-0.39, 0.29) is 18.4 Å². The lowest BCUT2D eigenvalue weighted by Gasteiger charge is -2.33. The van der Waals surface area contributed by atoms with Crippen LogP contribution in [0, 0.1) is 0 Å². The number of rotatable bonds is 7. The molecule has 0 aliphatic carbocycles. The maximum atomic E-state index is 12.7. The van der Waals surface area contributed by atoms with E-state index in [1.807, 2.05) is 42.2 Å². The molecule has 1 N–H and O–H groups in total. The molecule has 1 atom stereocenters. The molecule has 0 saturated carbocycles. The van der Waals surface area contributed by atoms with Crippen molar-refractivity contribution in [3.05, 3.63) is 47.8 Å². The molecule has 7 heteroatoms. The molecule has 0 spiro atoms. The summed E-state index contributed by atoms with van der Waals surface area (Å²) in [4.78, 5) is 25.6. The van der Waals surface area contributed by atoms with Crippen molar-refractivity contribution in [2.24, 2.45) is 0 Å². The molecule has 1 aliphatic heterocycles. The van der Waals surface area contributed by atoms with Gasteiger partial charge >= 0.3 is 5.97 Å². The first-order valence-electron chi connectivity index (χ1n) is 9.30. The van der Waals surface area contributed by atoms with Crippen LogP contribution in [0.25, 0.3) is 0 Å². The quantitative estimate of drug-likeness (QED) is 0.807. The smallest absolute Gasteiger partial charge is 0.325 e. The minimum atomic E-state index is -0.917. The van der Waals surface area contributed by atoms with Gasteiger partial charge in [-0.05, 0) is 43.5 Å². The summed E-state index contributed by atoms with van der Waals surface area (Å²) in [7, 11) is 0. The summed E-state index contributed by atoms with van der Waals surface area (Å²) in [6, 6.07) is 9.47. The molecule has 1 amide bonds. The van der Waals surface area contributed by atoms with E-state index in [0.29, 0.717) is 19.6 Å². The van der Waals surface area contributed by atoms with Crippen LogP contribution >= 0.6 is 0 Å². The number of aromatic nitrogens is 2. The van der Waals surface area contributed by atoms with E-state index in [9.17, 15) is 9.59 Å². The third-order valence-corrected chi connectivity index (χ3v) is 4.82. The van der Waals surface area contributed by atoms with Crippen molar-refractivity contribution in [3.63, 3.8) is 0 Å². The lowest BCUT2D eigenvalue weighted by atomic mass is 9.94. The van der Waals surface area contributed by atoms with Crippen molar-refractivity contribution >= 4 is 11.9 Å². The monoisotopic (exact) mass is 371 g/mol. The average molecular weight is 371 g/mol. The minimum Gasteiger partial charge on any atom is -0.494 e. The van der Waals surface area contributed by atoms with Crippen molar-refractivity contribution in [3.8, 4) is 5.75 Å². The summed E-state index contributed by atoms with van der Waals surface area (Å²) >= 11 is 0. The molecule has 0 bridgehead atoms.